The monoisotopic (exact) mass is 247 g/mol. The van der Waals surface area contributed by atoms with Crippen molar-refractivity contribution in [2.45, 2.75) is 19.5 Å². The number of rotatable bonds is 2. The van der Waals surface area contributed by atoms with Gasteiger partial charge in [0.05, 0.1) is 0 Å². The van der Waals surface area contributed by atoms with Gasteiger partial charge >= 0.3 is 0 Å². The van der Waals surface area contributed by atoms with Crippen molar-refractivity contribution in [3.63, 3.8) is 0 Å². The van der Waals surface area contributed by atoms with Gasteiger partial charge in [0.25, 0.3) is 5.91 Å². The van der Waals surface area contributed by atoms with Gasteiger partial charge in [-0.05, 0) is 24.6 Å². The van der Waals surface area contributed by atoms with Crippen LogP contribution in [-0.2, 0) is 11.3 Å². The van der Waals surface area contributed by atoms with Gasteiger partial charge in [-0.25, -0.2) is 0 Å². The Hall–Kier alpha value is -1.88. The molecule has 96 valence electrons. The van der Waals surface area contributed by atoms with Crippen LogP contribution in [0.1, 0.15) is 22.8 Å². The average molecular weight is 247 g/mol. The summed E-state index contributed by atoms with van der Waals surface area (Å²) in [5.74, 6) is -0.214. The number of piperazine rings is 1. The molecule has 1 aliphatic heterocycles. The first-order chi connectivity index (χ1) is 8.63. The summed E-state index contributed by atoms with van der Waals surface area (Å²) in [6.07, 6.45) is 0. The van der Waals surface area contributed by atoms with E-state index in [1.54, 1.807) is 24.0 Å². The molecule has 2 rings (SSSR count). The zero-order valence-corrected chi connectivity index (χ0v) is 10.3. The number of nitrogens with one attached hydrogen (secondary N) is 1. The van der Waals surface area contributed by atoms with Gasteiger partial charge in [0.1, 0.15) is 6.04 Å². The first-order valence-electron chi connectivity index (χ1n) is 6.01. The summed E-state index contributed by atoms with van der Waals surface area (Å²) in [5.41, 5.74) is 7.08. The Morgan fingerprint density at radius 1 is 1.44 bits per heavy atom. The summed E-state index contributed by atoms with van der Waals surface area (Å²) in [5, 5.41) is 2.74. The van der Waals surface area contributed by atoms with Crippen LogP contribution in [0.3, 0.4) is 0 Å². The number of benzene rings is 1. The minimum atomic E-state index is -0.416. The van der Waals surface area contributed by atoms with E-state index in [1.165, 1.54) is 0 Å². The van der Waals surface area contributed by atoms with Gasteiger partial charge in [0.2, 0.25) is 5.91 Å². The Morgan fingerprint density at radius 3 is 2.72 bits per heavy atom. The highest BCUT2D eigenvalue weighted by Crippen LogP contribution is 2.12. The normalized spacial score (nSPS) is 19.6. The number of carbonyl (C=O) groups excluding carboxylic acids is 2. The van der Waals surface area contributed by atoms with E-state index in [2.05, 4.69) is 5.32 Å². The summed E-state index contributed by atoms with van der Waals surface area (Å²) < 4.78 is 0. The minimum Gasteiger partial charge on any atom is -0.353 e. The Balaban J connectivity index is 2.16. The second-order valence-electron chi connectivity index (χ2n) is 4.37. The van der Waals surface area contributed by atoms with Crippen molar-refractivity contribution >= 4 is 11.8 Å². The third-order valence-corrected chi connectivity index (χ3v) is 3.20. The zero-order chi connectivity index (χ0) is 13.1. The first kappa shape index (κ1) is 12.6. The Labute approximate surface area is 106 Å². The zero-order valence-electron chi connectivity index (χ0n) is 10.3. The molecule has 1 aliphatic rings. The lowest BCUT2D eigenvalue weighted by molar-refractivity contribution is -0.127. The fourth-order valence-electron chi connectivity index (χ4n) is 2.01. The average Bonchev–Trinajstić information content (AvgIpc) is 2.41. The number of nitrogens with zero attached hydrogens (tertiary/aromatic N) is 1. The fourth-order valence-corrected chi connectivity index (χ4v) is 2.01. The largest absolute Gasteiger partial charge is 0.353 e. The van der Waals surface area contributed by atoms with E-state index < -0.39 is 6.04 Å². The number of hydrogen-bond donors (Lipinski definition) is 2. The van der Waals surface area contributed by atoms with E-state index in [9.17, 15) is 9.59 Å². The molecule has 5 heteroatoms. The molecule has 0 unspecified atom stereocenters. The van der Waals surface area contributed by atoms with Crippen molar-refractivity contribution < 1.29 is 9.59 Å². The van der Waals surface area contributed by atoms with Crippen molar-refractivity contribution in [2.24, 2.45) is 5.73 Å². The van der Waals surface area contributed by atoms with Crippen molar-refractivity contribution in [1.29, 1.82) is 0 Å². The molecule has 1 heterocycles. The van der Waals surface area contributed by atoms with E-state index in [0.717, 1.165) is 5.56 Å². The molecule has 5 nitrogen and oxygen atoms in total. The lowest BCUT2D eigenvalue weighted by Gasteiger charge is -2.32. The molecular weight excluding hydrogens is 230 g/mol. The molecule has 0 spiro atoms. The van der Waals surface area contributed by atoms with Gasteiger partial charge in [0, 0.05) is 25.2 Å². The molecule has 1 atom stereocenters. The molecule has 0 bridgehead atoms. The SMILES string of the molecule is C[C@H]1C(=O)NCCN1C(=O)c1ccc(CN)cc1. The Bertz CT molecular complexity index is 456. The maximum absolute atomic E-state index is 12.3. The quantitative estimate of drug-likeness (QED) is 0.778. The van der Waals surface area contributed by atoms with Crippen LogP contribution in [0, 0.1) is 0 Å². The molecule has 18 heavy (non-hydrogen) atoms. The van der Waals surface area contributed by atoms with Crippen molar-refractivity contribution in [3.8, 4) is 0 Å². The highest BCUT2D eigenvalue weighted by Gasteiger charge is 2.29. The van der Waals surface area contributed by atoms with Crippen LogP contribution in [-0.4, -0.2) is 35.8 Å². The van der Waals surface area contributed by atoms with Crippen molar-refractivity contribution in [2.75, 3.05) is 13.1 Å². The maximum atomic E-state index is 12.3. The summed E-state index contributed by atoms with van der Waals surface area (Å²) >= 11 is 0. The maximum Gasteiger partial charge on any atom is 0.254 e. The van der Waals surface area contributed by atoms with Crippen molar-refractivity contribution in [1.82, 2.24) is 10.2 Å². The van der Waals surface area contributed by atoms with Crippen LogP contribution in [0.25, 0.3) is 0 Å². The second kappa shape index (κ2) is 5.18. The van der Waals surface area contributed by atoms with E-state index in [1.807, 2.05) is 12.1 Å². The topological polar surface area (TPSA) is 75.4 Å². The van der Waals surface area contributed by atoms with E-state index in [-0.39, 0.29) is 11.8 Å². The number of amides is 2. The highest BCUT2D eigenvalue weighted by molar-refractivity contribution is 5.98. The lowest BCUT2D eigenvalue weighted by Crippen LogP contribution is -2.55. The predicted octanol–water partition coefficient (Wildman–Crippen LogP) is 0.106. The highest BCUT2D eigenvalue weighted by atomic mass is 16.2. The molecule has 0 aliphatic carbocycles. The minimum absolute atomic E-state index is 0.104. The smallest absolute Gasteiger partial charge is 0.254 e. The Kier molecular flexibility index (Phi) is 3.62. The van der Waals surface area contributed by atoms with Crippen LogP contribution < -0.4 is 11.1 Å². The summed E-state index contributed by atoms with van der Waals surface area (Å²) in [6, 6.07) is 6.76. The molecule has 1 aromatic carbocycles. The predicted molar refractivity (Wildman–Crippen MR) is 67.8 cm³/mol. The number of hydrogen-bond acceptors (Lipinski definition) is 3. The van der Waals surface area contributed by atoms with E-state index in [0.29, 0.717) is 25.2 Å². The Morgan fingerprint density at radius 2 is 2.11 bits per heavy atom. The van der Waals surface area contributed by atoms with Crippen LogP contribution in [0.4, 0.5) is 0 Å². The van der Waals surface area contributed by atoms with Crippen LogP contribution >= 0.6 is 0 Å². The molecule has 0 radical (unpaired) electrons. The molecule has 3 N–H and O–H groups in total. The lowest BCUT2D eigenvalue weighted by atomic mass is 10.1. The van der Waals surface area contributed by atoms with Gasteiger partial charge in [-0.2, -0.15) is 0 Å². The molecule has 0 saturated carbocycles. The van der Waals surface area contributed by atoms with Gasteiger partial charge in [-0.1, -0.05) is 12.1 Å². The van der Waals surface area contributed by atoms with Gasteiger partial charge in [-0.15, -0.1) is 0 Å². The van der Waals surface area contributed by atoms with Crippen LogP contribution in [0.15, 0.2) is 24.3 Å². The molecule has 1 fully saturated rings. The van der Waals surface area contributed by atoms with Gasteiger partial charge < -0.3 is 16.0 Å². The summed E-state index contributed by atoms with van der Waals surface area (Å²) in [6.45, 7) is 3.25. The van der Waals surface area contributed by atoms with Crippen molar-refractivity contribution in [3.05, 3.63) is 35.4 Å². The summed E-state index contributed by atoms with van der Waals surface area (Å²) in [4.78, 5) is 25.4. The third-order valence-electron chi connectivity index (χ3n) is 3.20. The van der Waals surface area contributed by atoms with E-state index >= 15 is 0 Å². The van der Waals surface area contributed by atoms with E-state index in [4.69, 9.17) is 5.73 Å². The third kappa shape index (κ3) is 2.36. The number of carbonyl (C=O) groups is 2. The number of nitrogens with two attached hydrogens (primary N) is 1. The van der Waals surface area contributed by atoms with Gasteiger partial charge in [0.15, 0.2) is 0 Å². The molecule has 2 amide bonds. The second-order valence-corrected chi connectivity index (χ2v) is 4.37. The standard InChI is InChI=1S/C13H17N3O2/c1-9-12(17)15-6-7-16(9)13(18)11-4-2-10(8-14)3-5-11/h2-5,9H,6-8,14H2,1H3,(H,15,17)/t9-/m0/s1. The summed E-state index contributed by atoms with van der Waals surface area (Å²) in [7, 11) is 0. The van der Waals surface area contributed by atoms with Crippen LogP contribution in [0.2, 0.25) is 0 Å². The molecule has 1 saturated heterocycles. The molecule has 1 aromatic rings. The first-order valence-corrected chi connectivity index (χ1v) is 6.01. The fraction of sp³-hybridized carbons (Fsp3) is 0.385. The molecule has 0 aromatic heterocycles. The van der Waals surface area contributed by atoms with Gasteiger partial charge in [-0.3, -0.25) is 9.59 Å². The molecular formula is C13H17N3O2. The van der Waals surface area contributed by atoms with Crippen LogP contribution in [0.5, 0.6) is 0 Å².